The van der Waals surface area contributed by atoms with Gasteiger partial charge in [0.2, 0.25) is 5.91 Å². The number of aliphatic hydroxyl groups excluding tert-OH is 1. The molecule has 3 aromatic carbocycles. The first-order valence-corrected chi connectivity index (χ1v) is 10.8. The first-order chi connectivity index (χ1) is 17.2. The normalized spacial score (nSPS) is 15.8. The number of hydrogen-bond donors (Lipinski definition) is 1. The number of non-ortho nitro benzene ring substituents is 1. The second kappa shape index (κ2) is 8.27. The van der Waals surface area contributed by atoms with Gasteiger partial charge in [0.15, 0.2) is 0 Å². The molecule has 2 aliphatic rings. The molecule has 0 fully saturated rings. The van der Waals surface area contributed by atoms with Gasteiger partial charge < -0.3 is 5.11 Å². The summed E-state index contributed by atoms with van der Waals surface area (Å²) in [5.41, 5.74) is 1.16. The molecule has 0 aliphatic carbocycles. The number of aliphatic hydroxyl groups is 1. The molecule has 0 bridgehead atoms. The lowest BCUT2D eigenvalue weighted by atomic mass is 10.0. The van der Waals surface area contributed by atoms with E-state index in [-0.39, 0.29) is 34.6 Å². The SMILES string of the molecule is CC(=O)N1C(=O)/C(=C(/O)c2ccc(CN3C(=O)c4ccccc4C3=O)cc2)c2cc([N+](=O)[O-])ccc21. The van der Waals surface area contributed by atoms with Crippen LogP contribution in [0.25, 0.3) is 11.3 Å². The van der Waals surface area contributed by atoms with Gasteiger partial charge in [0, 0.05) is 30.2 Å². The van der Waals surface area contributed by atoms with Crippen molar-refractivity contribution in [3.63, 3.8) is 0 Å². The molecule has 10 heteroatoms. The predicted octanol–water partition coefficient (Wildman–Crippen LogP) is 3.71. The van der Waals surface area contributed by atoms with Gasteiger partial charge in [0.25, 0.3) is 23.4 Å². The van der Waals surface area contributed by atoms with Crippen molar-refractivity contribution in [1.29, 1.82) is 0 Å². The lowest BCUT2D eigenvalue weighted by Crippen LogP contribution is -2.31. The van der Waals surface area contributed by atoms with Crippen LogP contribution in [0.5, 0.6) is 0 Å². The highest BCUT2D eigenvalue weighted by Gasteiger charge is 2.39. The molecule has 0 saturated heterocycles. The first-order valence-electron chi connectivity index (χ1n) is 10.8. The fraction of sp³-hybridized carbons (Fsp3) is 0.0769. The van der Waals surface area contributed by atoms with Crippen LogP contribution in [0.2, 0.25) is 0 Å². The van der Waals surface area contributed by atoms with Crippen molar-refractivity contribution in [3.05, 3.63) is 105 Å². The van der Waals surface area contributed by atoms with E-state index >= 15 is 0 Å². The fourth-order valence-corrected chi connectivity index (χ4v) is 4.39. The Kier molecular flexibility index (Phi) is 5.21. The number of fused-ring (bicyclic) bond motifs is 2. The third-order valence-corrected chi connectivity index (χ3v) is 6.12. The number of imide groups is 2. The molecule has 0 atom stereocenters. The monoisotopic (exact) mass is 483 g/mol. The molecular formula is C26H17N3O7. The summed E-state index contributed by atoms with van der Waals surface area (Å²) < 4.78 is 0. The number of carbonyl (C=O) groups excluding carboxylic acids is 4. The van der Waals surface area contributed by atoms with E-state index in [1.165, 1.54) is 31.2 Å². The van der Waals surface area contributed by atoms with Crippen molar-refractivity contribution in [2.24, 2.45) is 0 Å². The largest absolute Gasteiger partial charge is 0.506 e. The van der Waals surface area contributed by atoms with Gasteiger partial charge in [-0.25, -0.2) is 4.90 Å². The molecule has 0 saturated carbocycles. The Balaban J connectivity index is 1.48. The van der Waals surface area contributed by atoms with Gasteiger partial charge in [0.05, 0.1) is 33.9 Å². The Labute approximate surface area is 203 Å². The van der Waals surface area contributed by atoms with E-state index in [1.54, 1.807) is 36.4 Å². The smallest absolute Gasteiger partial charge is 0.270 e. The van der Waals surface area contributed by atoms with Crippen molar-refractivity contribution in [2.45, 2.75) is 13.5 Å². The minimum absolute atomic E-state index is 0.00995. The fourth-order valence-electron chi connectivity index (χ4n) is 4.39. The maximum absolute atomic E-state index is 13.0. The molecule has 0 radical (unpaired) electrons. The second-order valence-electron chi connectivity index (χ2n) is 8.28. The van der Waals surface area contributed by atoms with Gasteiger partial charge >= 0.3 is 0 Å². The third kappa shape index (κ3) is 3.43. The summed E-state index contributed by atoms with van der Waals surface area (Å²) >= 11 is 0. The average molecular weight is 483 g/mol. The molecule has 4 amide bonds. The van der Waals surface area contributed by atoms with Crippen LogP contribution in [0.4, 0.5) is 11.4 Å². The molecule has 36 heavy (non-hydrogen) atoms. The molecule has 178 valence electrons. The van der Waals surface area contributed by atoms with Crippen LogP contribution in [0.3, 0.4) is 0 Å². The predicted molar refractivity (Wildman–Crippen MR) is 128 cm³/mol. The highest BCUT2D eigenvalue weighted by molar-refractivity contribution is 6.42. The maximum Gasteiger partial charge on any atom is 0.270 e. The molecule has 10 nitrogen and oxygen atoms in total. The number of anilines is 1. The standard InChI is InChI=1S/C26H17N3O7/c1-14(30)28-21-11-10-17(29(35)36)12-20(21)22(26(28)34)23(31)16-8-6-15(7-9-16)13-27-24(32)18-4-2-3-5-19(18)25(27)33/h2-12,31H,13H2,1H3/b23-22+. The number of amides is 4. The van der Waals surface area contributed by atoms with E-state index in [0.717, 1.165) is 15.9 Å². The molecular weight excluding hydrogens is 466 g/mol. The molecule has 2 heterocycles. The quantitative estimate of drug-likeness (QED) is 0.196. The zero-order valence-corrected chi connectivity index (χ0v) is 18.8. The van der Waals surface area contributed by atoms with Crippen LogP contribution < -0.4 is 4.90 Å². The summed E-state index contributed by atoms with van der Waals surface area (Å²) in [5, 5.41) is 22.2. The van der Waals surface area contributed by atoms with E-state index in [4.69, 9.17) is 0 Å². The number of nitro benzene ring substituents is 1. The first kappa shape index (κ1) is 22.7. The Bertz CT molecular complexity index is 1500. The highest BCUT2D eigenvalue weighted by atomic mass is 16.6. The Morgan fingerprint density at radius 1 is 0.889 bits per heavy atom. The van der Waals surface area contributed by atoms with E-state index in [0.29, 0.717) is 16.7 Å². The van der Waals surface area contributed by atoms with Crippen molar-refractivity contribution < 1.29 is 29.2 Å². The molecule has 0 aromatic heterocycles. The molecule has 0 spiro atoms. The van der Waals surface area contributed by atoms with Crippen molar-refractivity contribution in [2.75, 3.05) is 4.90 Å². The zero-order valence-electron chi connectivity index (χ0n) is 18.8. The van der Waals surface area contributed by atoms with Crippen LogP contribution in [0, 0.1) is 10.1 Å². The van der Waals surface area contributed by atoms with Crippen LogP contribution in [-0.2, 0) is 16.1 Å². The van der Waals surface area contributed by atoms with Crippen molar-refractivity contribution >= 4 is 46.3 Å². The maximum atomic E-state index is 13.0. The minimum atomic E-state index is -0.800. The van der Waals surface area contributed by atoms with E-state index in [1.807, 2.05) is 0 Å². The molecule has 0 unspecified atom stereocenters. The van der Waals surface area contributed by atoms with Crippen LogP contribution >= 0.6 is 0 Å². The van der Waals surface area contributed by atoms with Gasteiger partial charge in [-0.1, -0.05) is 36.4 Å². The Hall–Kier alpha value is -5.12. The summed E-state index contributed by atoms with van der Waals surface area (Å²) in [7, 11) is 0. The Morgan fingerprint density at radius 3 is 2.06 bits per heavy atom. The lowest BCUT2D eigenvalue weighted by molar-refractivity contribution is -0.384. The molecule has 2 aliphatic heterocycles. The molecule has 3 aromatic rings. The van der Waals surface area contributed by atoms with E-state index in [2.05, 4.69) is 0 Å². The van der Waals surface area contributed by atoms with Gasteiger partial charge in [-0.3, -0.25) is 34.2 Å². The number of benzene rings is 3. The summed E-state index contributed by atoms with van der Waals surface area (Å²) in [4.78, 5) is 62.9. The Morgan fingerprint density at radius 2 is 1.50 bits per heavy atom. The minimum Gasteiger partial charge on any atom is -0.506 e. The lowest BCUT2D eigenvalue weighted by Gasteiger charge is -2.14. The number of hydrogen-bond acceptors (Lipinski definition) is 7. The van der Waals surface area contributed by atoms with Gasteiger partial charge in [-0.05, 0) is 23.8 Å². The van der Waals surface area contributed by atoms with Gasteiger partial charge in [-0.15, -0.1) is 0 Å². The zero-order chi connectivity index (χ0) is 25.7. The summed E-state index contributed by atoms with van der Waals surface area (Å²) in [6.07, 6.45) is 0. The van der Waals surface area contributed by atoms with Crippen molar-refractivity contribution in [1.82, 2.24) is 4.90 Å². The summed E-state index contributed by atoms with van der Waals surface area (Å²) in [6, 6.07) is 16.3. The summed E-state index contributed by atoms with van der Waals surface area (Å²) in [5.74, 6) is -2.66. The number of rotatable bonds is 4. The third-order valence-electron chi connectivity index (χ3n) is 6.12. The molecule has 1 N–H and O–H groups in total. The topological polar surface area (TPSA) is 138 Å². The number of nitrogens with zero attached hydrogens (tertiary/aromatic N) is 3. The van der Waals surface area contributed by atoms with Gasteiger partial charge in [-0.2, -0.15) is 0 Å². The average Bonchev–Trinajstić information content (AvgIpc) is 3.29. The number of carbonyl (C=O) groups is 4. The number of nitro groups is 1. The molecule has 5 rings (SSSR count). The summed E-state index contributed by atoms with van der Waals surface area (Å²) in [6.45, 7) is 1.19. The van der Waals surface area contributed by atoms with Crippen LogP contribution in [-0.4, -0.2) is 38.6 Å². The van der Waals surface area contributed by atoms with Crippen molar-refractivity contribution in [3.8, 4) is 0 Å². The highest BCUT2D eigenvalue weighted by Crippen LogP contribution is 2.42. The van der Waals surface area contributed by atoms with Gasteiger partial charge in [0.1, 0.15) is 5.76 Å². The van der Waals surface area contributed by atoms with E-state index in [9.17, 15) is 34.4 Å². The second-order valence-corrected chi connectivity index (χ2v) is 8.28. The van der Waals surface area contributed by atoms with Crippen LogP contribution in [0.15, 0.2) is 66.7 Å². The van der Waals surface area contributed by atoms with E-state index < -0.39 is 34.3 Å². The van der Waals surface area contributed by atoms with Crippen LogP contribution in [0.1, 0.15) is 44.3 Å².